The van der Waals surface area contributed by atoms with E-state index >= 15 is 0 Å². The van der Waals surface area contributed by atoms with E-state index in [0.717, 1.165) is 39.0 Å². The molecule has 1 amide bonds. The topological polar surface area (TPSA) is 44.4 Å². The van der Waals surface area contributed by atoms with E-state index in [1.807, 2.05) is 6.07 Å². The Hall–Kier alpha value is -2.17. The predicted octanol–water partition coefficient (Wildman–Crippen LogP) is 2.57. The van der Waals surface area contributed by atoms with Crippen molar-refractivity contribution in [2.24, 2.45) is 0 Å². The van der Waals surface area contributed by atoms with Crippen molar-refractivity contribution >= 4 is 5.91 Å². The minimum absolute atomic E-state index is 0.00343. The van der Waals surface area contributed by atoms with Crippen LogP contribution in [0.25, 0.3) is 0 Å². The number of carbonyl (C=O) groups is 1. The van der Waals surface area contributed by atoms with Gasteiger partial charge in [0, 0.05) is 26.2 Å². The molecule has 2 heterocycles. The van der Waals surface area contributed by atoms with Crippen LogP contribution >= 0.6 is 0 Å². The number of fused-ring (bicyclic) bond motifs is 1. The highest BCUT2D eigenvalue weighted by atomic mass is 16.2. The van der Waals surface area contributed by atoms with Gasteiger partial charge in [-0.15, -0.1) is 0 Å². The molecule has 0 spiro atoms. The molecular weight excluding hydrogens is 310 g/mol. The number of hydrogen-bond acceptors (Lipinski definition) is 3. The van der Waals surface area contributed by atoms with E-state index in [0.29, 0.717) is 6.54 Å². The van der Waals surface area contributed by atoms with Gasteiger partial charge in [-0.3, -0.25) is 9.69 Å². The summed E-state index contributed by atoms with van der Waals surface area (Å²) < 4.78 is 0. The van der Waals surface area contributed by atoms with E-state index < -0.39 is 0 Å². The van der Waals surface area contributed by atoms with Crippen molar-refractivity contribution in [3.05, 3.63) is 70.8 Å². The zero-order valence-corrected chi connectivity index (χ0v) is 14.5. The molecule has 0 saturated carbocycles. The van der Waals surface area contributed by atoms with Gasteiger partial charge in [0.2, 0.25) is 5.91 Å². The molecule has 2 aliphatic rings. The van der Waals surface area contributed by atoms with Crippen LogP contribution in [0.4, 0.5) is 0 Å². The molecule has 1 fully saturated rings. The molecule has 1 saturated heterocycles. The van der Waals surface area contributed by atoms with Crippen LogP contribution in [0.2, 0.25) is 0 Å². The summed E-state index contributed by atoms with van der Waals surface area (Å²) in [6.45, 7) is 4.35. The van der Waals surface area contributed by atoms with Gasteiger partial charge in [-0.05, 0) is 41.6 Å². The standard InChI is InChI=1S/C21H25N3O/c25-21(23-12-17-8-9-18-13-22-14-19(18)11-17)20-7-4-10-24(20)15-16-5-2-1-3-6-16/h1-3,5-6,8-9,11,20,22H,4,7,10,12-15H2,(H,23,25). The third-order valence-corrected chi connectivity index (χ3v) is 5.26. The van der Waals surface area contributed by atoms with Gasteiger partial charge in [0.05, 0.1) is 6.04 Å². The lowest BCUT2D eigenvalue weighted by Gasteiger charge is -2.23. The Balaban J connectivity index is 1.35. The Morgan fingerprint density at radius 3 is 2.80 bits per heavy atom. The molecule has 4 rings (SSSR count). The molecule has 4 nitrogen and oxygen atoms in total. The van der Waals surface area contributed by atoms with E-state index in [2.05, 4.69) is 58.0 Å². The molecule has 2 aromatic carbocycles. The molecule has 0 bridgehead atoms. The monoisotopic (exact) mass is 335 g/mol. The summed E-state index contributed by atoms with van der Waals surface area (Å²) >= 11 is 0. The van der Waals surface area contributed by atoms with Crippen LogP contribution < -0.4 is 10.6 Å². The van der Waals surface area contributed by atoms with Crippen molar-refractivity contribution in [1.29, 1.82) is 0 Å². The van der Waals surface area contributed by atoms with Crippen LogP contribution in [0.3, 0.4) is 0 Å². The number of amides is 1. The zero-order valence-electron chi connectivity index (χ0n) is 14.5. The van der Waals surface area contributed by atoms with E-state index in [9.17, 15) is 4.79 Å². The normalized spacial score (nSPS) is 19.8. The first kappa shape index (κ1) is 16.3. The van der Waals surface area contributed by atoms with Crippen molar-refractivity contribution in [2.45, 2.75) is 45.1 Å². The fraction of sp³-hybridized carbons (Fsp3) is 0.381. The number of likely N-dealkylation sites (tertiary alicyclic amines) is 1. The lowest BCUT2D eigenvalue weighted by Crippen LogP contribution is -2.42. The number of hydrogen-bond donors (Lipinski definition) is 2. The molecule has 2 aliphatic heterocycles. The van der Waals surface area contributed by atoms with Crippen molar-refractivity contribution in [3.63, 3.8) is 0 Å². The van der Waals surface area contributed by atoms with Gasteiger partial charge in [-0.1, -0.05) is 48.5 Å². The van der Waals surface area contributed by atoms with Crippen LogP contribution in [-0.2, 0) is 31.0 Å². The molecule has 0 aliphatic carbocycles. The largest absolute Gasteiger partial charge is 0.351 e. The highest BCUT2D eigenvalue weighted by molar-refractivity contribution is 5.82. The molecule has 1 unspecified atom stereocenters. The van der Waals surface area contributed by atoms with Gasteiger partial charge in [-0.2, -0.15) is 0 Å². The highest BCUT2D eigenvalue weighted by Crippen LogP contribution is 2.21. The molecule has 25 heavy (non-hydrogen) atoms. The van der Waals surface area contributed by atoms with Gasteiger partial charge in [0.25, 0.3) is 0 Å². The molecule has 2 N–H and O–H groups in total. The minimum atomic E-state index is -0.00343. The Labute approximate surface area is 149 Å². The summed E-state index contributed by atoms with van der Waals surface area (Å²) in [4.78, 5) is 15.0. The summed E-state index contributed by atoms with van der Waals surface area (Å²) in [6, 6.07) is 16.9. The number of carbonyl (C=O) groups excluding carboxylic acids is 1. The average molecular weight is 335 g/mol. The van der Waals surface area contributed by atoms with Crippen LogP contribution in [0.5, 0.6) is 0 Å². The summed E-state index contributed by atoms with van der Waals surface area (Å²) in [7, 11) is 0. The first-order chi connectivity index (χ1) is 12.3. The SMILES string of the molecule is O=C(NCc1ccc2c(c1)CNC2)C1CCCN1Cc1ccccc1. The molecule has 0 aromatic heterocycles. The second-order valence-corrected chi connectivity index (χ2v) is 7.04. The van der Waals surface area contributed by atoms with Crippen molar-refractivity contribution < 1.29 is 4.79 Å². The first-order valence-electron chi connectivity index (χ1n) is 9.17. The summed E-state index contributed by atoms with van der Waals surface area (Å²) in [5, 5.41) is 6.51. The molecular formula is C21H25N3O. The second kappa shape index (κ2) is 7.38. The van der Waals surface area contributed by atoms with Crippen molar-refractivity contribution in [3.8, 4) is 0 Å². The quantitative estimate of drug-likeness (QED) is 0.883. The average Bonchev–Trinajstić information content (AvgIpc) is 3.29. The van der Waals surface area contributed by atoms with Crippen LogP contribution in [0.15, 0.2) is 48.5 Å². The Morgan fingerprint density at radius 1 is 1.08 bits per heavy atom. The van der Waals surface area contributed by atoms with E-state index in [1.54, 1.807) is 0 Å². The maximum atomic E-state index is 12.7. The van der Waals surface area contributed by atoms with Gasteiger partial charge < -0.3 is 10.6 Å². The summed E-state index contributed by atoms with van der Waals surface area (Å²) in [5.74, 6) is 0.159. The fourth-order valence-electron chi connectivity index (χ4n) is 3.90. The Kier molecular flexibility index (Phi) is 4.81. The van der Waals surface area contributed by atoms with Crippen LogP contribution in [0.1, 0.15) is 35.1 Å². The molecule has 130 valence electrons. The predicted molar refractivity (Wildman–Crippen MR) is 98.7 cm³/mol. The lowest BCUT2D eigenvalue weighted by atomic mass is 10.1. The van der Waals surface area contributed by atoms with Gasteiger partial charge in [-0.25, -0.2) is 0 Å². The van der Waals surface area contributed by atoms with E-state index in [-0.39, 0.29) is 11.9 Å². The lowest BCUT2D eigenvalue weighted by molar-refractivity contribution is -0.125. The first-order valence-corrected chi connectivity index (χ1v) is 9.17. The van der Waals surface area contributed by atoms with Crippen LogP contribution in [0, 0.1) is 0 Å². The van der Waals surface area contributed by atoms with Gasteiger partial charge >= 0.3 is 0 Å². The third-order valence-electron chi connectivity index (χ3n) is 5.26. The van der Waals surface area contributed by atoms with Crippen molar-refractivity contribution in [2.75, 3.05) is 6.54 Å². The Bertz CT molecular complexity index is 744. The highest BCUT2D eigenvalue weighted by Gasteiger charge is 2.30. The number of benzene rings is 2. The smallest absolute Gasteiger partial charge is 0.237 e. The second-order valence-electron chi connectivity index (χ2n) is 7.04. The van der Waals surface area contributed by atoms with Gasteiger partial charge in [0.1, 0.15) is 0 Å². The minimum Gasteiger partial charge on any atom is -0.351 e. The molecule has 4 heteroatoms. The fourth-order valence-corrected chi connectivity index (χ4v) is 3.90. The third kappa shape index (κ3) is 3.75. The maximum Gasteiger partial charge on any atom is 0.237 e. The summed E-state index contributed by atoms with van der Waals surface area (Å²) in [5.41, 5.74) is 5.19. The summed E-state index contributed by atoms with van der Waals surface area (Å²) in [6.07, 6.45) is 2.04. The van der Waals surface area contributed by atoms with E-state index in [1.165, 1.54) is 22.3 Å². The molecule has 0 radical (unpaired) electrons. The zero-order chi connectivity index (χ0) is 17.1. The number of rotatable bonds is 5. The number of nitrogens with one attached hydrogen (secondary N) is 2. The van der Waals surface area contributed by atoms with Crippen molar-refractivity contribution in [1.82, 2.24) is 15.5 Å². The maximum absolute atomic E-state index is 12.7. The molecule has 1 atom stereocenters. The van der Waals surface area contributed by atoms with Crippen LogP contribution in [-0.4, -0.2) is 23.4 Å². The molecule has 2 aromatic rings. The number of nitrogens with zero attached hydrogens (tertiary/aromatic N) is 1. The van der Waals surface area contributed by atoms with Gasteiger partial charge in [0.15, 0.2) is 0 Å². The Morgan fingerprint density at radius 2 is 1.92 bits per heavy atom. The van der Waals surface area contributed by atoms with E-state index in [4.69, 9.17) is 0 Å².